The third-order valence-electron chi connectivity index (χ3n) is 1.84. The summed E-state index contributed by atoms with van der Waals surface area (Å²) in [6.07, 6.45) is 0. The van der Waals surface area contributed by atoms with Gasteiger partial charge in [0.05, 0.1) is 10.5 Å². The number of carbonyl (C=O) groups is 2. The number of hydrogen-bond acceptors (Lipinski definition) is 5. The molecule has 0 atom stereocenters. The van der Waals surface area contributed by atoms with Crippen molar-refractivity contribution in [1.82, 2.24) is 5.48 Å². The fourth-order valence-electron chi connectivity index (χ4n) is 1.07. The Morgan fingerprint density at radius 2 is 2.00 bits per heavy atom. The first-order chi connectivity index (χ1) is 8.82. The van der Waals surface area contributed by atoms with Gasteiger partial charge in [0.1, 0.15) is 5.82 Å². The fourth-order valence-corrected chi connectivity index (χ4v) is 1.07. The lowest BCUT2D eigenvalue weighted by Crippen LogP contribution is -2.27. The summed E-state index contributed by atoms with van der Waals surface area (Å²) in [4.78, 5) is 34.8. The Balaban J connectivity index is 2.93. The van der Waals surface area contributed by atoms with E-state index in [9.17, 15) is 28.5 Å². The Labute approximate surface area is 103 Å². The first kappa shape index (κ1) is 14.4. The number of nitro benzene ring substituents is 1. The number of benzene rings is 1. The maximum atomic E-state index is 13.2. The van der Waals surface area contributed by atoms with Crippen LogP contribution in [0, 0.1) is 21.7 Å². The topological polar surface area (TPSA) is 119 Å². The number of carbonyl (C=O) groups excluding carboxylic acids is 1. The number of nitro groups is 1. The third-order valence-corrected chi connectivity index (χ3v) is 1.84. The molecule has 0 fully saturated rings. The monoisotopic (exact) mass is 276 g/mol. The second-order valence-corrected chi connectivity index (χ2v) is 3.15. The van der Waals surface area contributed by atoms with Crippen molar-refractivity contribution in [3.63, 3.8) is 0 Å². The van der Waals surface area contributed by atoms with Crippen molar-refractivity contribution in [3.05, 3.63) is 39.4 Å². The Kier molecular flexibility index (Phi) is 4.42. The fraction of sp³-hybridized carbons (Fsp3) is 0.111. The number of rotatable bonds is 5. The number of hydrogen-bond donors (Lipinski definition) is 2. The van der Waals surface area contributed by atoms with Crippen molar-refractivity contribution < 1.29 is 33.2 Å². The van der Waals surface area contributed by atoms with Crippen LogP contribution in [0.5, 0.6) is 0 Å². The zero-order chi connectivity index (χ0) is 14.6. The molecule has 1 amide bonds. The molecule has 0 aliphatic rings. The minimum absolute atomic E-state index is 0.171. The van der Waals surface area contributed by atoms with Crippen molar-refractivity contribution >= 4 is 17.6 Å². The normalized spacial score (nSPS) is 10.0. The number of nitrogens with zero attached hydrogens (tertiary/aromatic N) is 1. The van der Waals surface area contributed by atoms with Gasteiger partial charge in [-0.3, -0.25) is 19.7 Å². The molecule has 0 unspecified atom stereocenters. The molecule has 1 aromatic carbocycles. The van der Waals surface area contributed by atoms with Gasteiger partial charge in [0.2, 0.25) is 5.82 Å². The Morgan fingerprint density at radius 3 is 2.53 bits per heavy atom. The van der Waals surface area contributed by atoms with Crippen molar-refractivity contribution in [2.75, 3.05) is 6.61 Å². The smallest absolute Gasteiger partial charge is 0.332 e. The molecule has 1 rings (SSSR count). The number of halogens is 2. The lowest BCUT2D eigenvalue weighted by Gasteiger charge is -2.05. The van der Waals surface area contributed by atoms with Gasteiger partial charge < -0.3 is 5.11 Å². The molecule has 10 heteroatoms. The average molecular weight is 276 g/mol. The van der Waals surface area contributed by atoms with Crippen LogP contribution in [0.3, 0.4) is 0 Å². The third kappa shape index (κ3) is 3.67. The first-order valence-corrected chi connectivity index (χ1v) is 4.60. The second-order valence-electron chi connectivity index (χ2n) is 3.15. The van der Waals surface area contributed by atoms with Gasteiger partial charge >= 0.3 is 11.7 Å². The molecule has 0 aromatic heterocycles. The predicted octanol–water partition coefficient (Wildman–Crippen LogP) is 0.619. The van der Waals surface area contributed by atoms with E-state index in [4.69, 9.17) is 5.11 Å². The van der Waals surface area contributed by atoms with E-state index in [1.165, 1.54) is 0 Å². The van der Waals surface area contributed by atoms with Crippen molar-refractivity contribution in [2.45, 2.75) is 0 Å². The zero-order valence-electron chi connectivity index (χ0n) is 9.05. The van der Waals surface area contributed by atoms with E-state index in [2.05, 4.69) is 4.84 Å². The van der Waals surface area contributed by atoms with E-state index in [0.29, 0.717) is 6.07 Å². The van der Waals surface area contributed by atoms with Crippen LogP contribution in [0.4, 0.5) is 14.5 Å². The molecule has 2 N–H and O–H groups in total. The molecule has 0 heterocycles. The summed E-state index contributed by atoms with van der Waals surface area (Å²) in [7, 11) is 0. The number of aliphatic carboxylic acids is 1. The second kappa shape index (κ2) is 5.82. The lowest BCUT2D eigenvalue weighted by molar-refractivity contribution is -0.387. The summed E-state index contributed by atoms with van der Waals surface area (Å²) in [5.74, 6) is -5.46. The largest absolute Gasteiger partial charge is 0.479 e. The molecule has 0 spiro atoms. The van der Waals surface area contributed by atoms with Crippen LogP contribution < -0.4 is 5.48 Å². The maximum absolute atomic E-state index is 13.2. The molecule has 19 heavy (non-hydrogen) atoms. The minimum atomic E-state index is -1.44. The molecular formula is C9H6F2N2O6. The Morgan fingerprint density at radius 1 is 1.37 bits per heavy atom. The van der Waals surface area contributed by atoms with Crippen molar-refractivity contribution in [3.8, 4) is 0 Å². The Bertz CT molecular complexity index is 548. The number of nitrogens with one attached hydrogen (secondary N) is 1. The summed E-state index contributed by atoms with van der Waals surface area (Å²) < 4.78 is 26.2. The molecule has 0 aliphatic heterocycles. The van der Waals surface area contributed by atoms with Crippen LogP contribution in [-0.4, -0.2) is 28.5 Å². The van der Waals surface area contributed by atoms with Gasteiger partial charge in [-0.2, -0.15) is 4.39 Å². The predicted molar refractivity (Wildman–Crippen MR) is 54.1 cm³/mol. The van der Waals surface area contributed by atoms with Crippen LogP contribution in [0.1, 0.15) is 10.4 Å². The minimum Gasteiger partial charge on any atom is -0.479 e. The standard InChI is InChI=1S/C9H6F2N2O6/c10-5-2-6(11)7(13(17)18)1-4(5)9(16)12-19-3-8(14)15/h1-2H,3H2,(H,12,16)(H,14,15). The summed E-state index contributed by atoms with van der Waals surface area (Å²) in [6.45, 7) is -0.892. The summed E-state index contributed by atoms with van der Waals surface area (Å²) in [6, 6.07) is 0.550. The highest BCUT2D eigenvalue weighted by molar-refractivity contribution is 5.94. The number of carboxylic acids is 1. The van der Waals surface area contributed by atoms with Crippen molar-refractivity contribution in [1.29, 1.82) is 0 Å². The van der Waals surface area contributed by atoms with E-state index < -0.39 is 46.3 Å². The number of amides is 1. The number of carboxylic acid groups (broad SMARTS) is 1. The van der Waals surface area contributed by atoms with Gasteiger partial charge in [-0.25, -0.2) is 14.7 Å². The first-order valence-electron chi connectivity index (χ1n) is 4.60. The average Bonchev–Trinajstić information content (AvgIpc) is 2.27. The van der Waals surface area contributed by atoms with E-state index in [0.717, 1.165) is 0 Å². The highest BCUT2D eigenvalue weighted by Crippen LogP contribution is 2.21. The SMILES string of the molecule is O=C(O)CONC(=O)c1cc([N+](=O)[O-])c(F)cc1F. The molecule has 102 valence electrons. The molecule has 0 radical (unpaired) electrons. The molecule has 0 bridgehead atoms. The van der Waals surface area contributed by atoms with Crippen LogP contribution in [0.25, 0.3) is 0 Å². The zero-order valence-corrected chi connectivity index (χ0v) is 9.05. The van der Waals surface area contributed by atoms with E-state index in [-0.39, 0.29) is 6.07 Å². The molecule has 8 nitrogen and oxygen atoms in total. The molecule has 0 saturated heterocycles. The van der Waals surface area contributed by atoms with E-state index in [1.54, 1.807) is 5.48 Å². The molecular weight excluding hydrogens is 270 g/mol. The van der Waals surface area contributed by atoms with Crippen LogP contribution >= 0.6 is 0 Å². The molecule has 0 saturated carbocycles. The van der Waals surface area contributed by atoms with Crippen molar-refractivity contribution in [2.24, 2.45) is 0 Å². The van der Waals surface area contributed by atoms with Crippen LogP contribution in [0.2, 0.25) is 0 Å². The lowest BCUT2D eigenvalue weighted by atomic mass is 10.1. The highest BCUT2D eigenvalue weighted by atomic mass is 19.1. The van der Waals surface area contributed by atoms with Crippen LogP contribution in [-0.2, 0) is 9.63 Å². The van der Waals surface area contributed by atoms with Gasteiger partial charge in [0.25, 0.3) is 5.91 Å². The Hall–Kier alpha value is -2.62. The van der Waals surface area contributed by atoms with Crippen LogP contribution in [0.15, 0.2) is 12.1 Å². The van der Waals surface area contributed by atoms with Gasteiger partial charge in [-0.05, 0) is 0 Å². The highest BCUT2D eigenvalue weighted by Gasteiger charge is 2.22. The quantitative estimate of drug-likeness (QED) is 0.601. The van der Waals surface area contributed by atoms with Gasteiger partial charge in [-0.15, -0.1) is 0 Å². The molecule has 1 aromatic rings. The molecule has 0 aliphatic carbocycles. The van der Waals surface area contributed by atoms with Gasteiger partial charge in [0, 0.05) is 12.1 Å². The summed E-state index contributed by atoms with van der Waals surface area (Å²) in [5.41, 5.74) is -0.390. The van der Waals surface area contributed by atoms with E-state index >= 15 is 0 Å². The van der Waals surface area contributed by atoms with Gasteiger partial charge in [-0.1, -0.05) is 0 Å². The summed E-state index contributed by atoms with van der Waals surface area (Å²) in [5, 5.41) is 18.6. The van der Waals surface area contributed by atoms with Gasteiger partial charge in [0.15, 0.2) is 6.61 Å². The maximum Gasteiger partial charge on any atom is 0.332 e. The summed E-state index contributed by atoms with van der Waals surface area (Å²) >= 11 is 0. The number of hydroxylamine groups is 1. The van der Waals surface area contributed by atoms with E-state index in [1.807, 2.05) is 0 Å².